The van der Waals surface area contributed by atoms with Crippen LogP contribution in [0.2, 0.25) is 0 Å². The molecule has 0 aromatic heterocycles. The highest BCUT2D eigenvalue weighted by molar-refractivity contribution is 7.89. The minimum atomic E-state index is -3.14. The third kappa shape index (κ3) is 2.99. The Morgan fingerprint density at radius 3 is 2.47 bits per heavy atom. The second-order valence-electron chi connectivity index (χ2n) is 5.33. The molecule has 6 heteroatoms. The average molecular weight is 261 g/mol. The molecule has 2 aliphatic heterocycles. The molecule has 2 heterocycles. The number of piperidine rings is 2. The van der Waals surface area contributed by atoms with Gasteiger partial charge in [0.1, 0.15) is 0 Å². The summed E-state index contributed by atoms with van der Waals surface area (Å²) in [5, 5.41) is -0.230. The maximum atomic E-state index is 12.5. The van der Waals surface area contributed by atoms with E-state index >= 15 is 0 Å². The lowest BCUT2D eigenvalue weighted by atomic mass is 10.1. The van der Waals surface area contributed by atoms with E-state index in [-0.39, 0.29) is 11.3 Å². The third-order valence-corrected chi connectivity index (χ3v) is 6.06. The number of nitrogens with two attached hydrogens (primary N) is 1. The summed E-state index contributed by atoms with van der Waals surface area (Å²) in [6.07, 6.45) is 3.60. The molecule has 5 nitrogen and oxygen atoms in total. The van der Waals surface area contributed by atoms with Crippen molar-refractivity contribution in [1.29, 1.82) is 0 Å². The van der Waals surface area contributed by atoms with Gasteiger partial charge in [-0.2, -0.15) is 0 Å². The molecule has 0 radical (unpaired) electrons. The van der Waals surface area contributed by atoms with Crippen LogP contribution in [0, 0.1) is 0 Å². The fourth-order valence-corrected chi connectivity index (χ4v) is 4.89. The van der Waals surface area contributed by atoms with Crippen LogP contribution >= 0.6 is 0 Å². The van der Waals surface area contributed by atoms with Gasteiger partial charge < -0.3 is 10.6 Å². The molecule has 0 spiro atoms. The predicted octanol–water partition coefficient (Wildman–Crippen LogP) is -0.166. The van der Waals surface area contributed by atoms with Gasteiger partial charge in [0.15, 0.2) is 0 Å². The van der Waals surface area contributed by atoms with Crippen molar-refractivity contribution >= 4 is 10.0 Å². The first-order valence-corrected chi connectivity index (χ1v) is 7.93. The molecule has 2 fully saturated rings. The van der Waals surface area contributed by atoms with Crippen molar-refractivity contribution in [2.75, 3.05) is 33.2 Å². The molecule has 2 saturated heterocycles. The molecule has 0 saturated carbocycles. The molecule has 2 N–H and O–H groups in total. The zero-order valence-electron chi connectivity index (χ0n) is 10.5. The van der Waals surface area contributed by atoms with E-state index in [9.17, 15) is 8.42 Å². The van der Waals surface area contributed by atoms with Crippen LogP contribution in [-0.4, -0.2) is 62.1 Å². The van der Waals surface area contributed by atoms with E-state index in [1.807, 2.05) is 7.05 Å². The van der Waals surface area contributed by atoms with Crippen molar-refractivity contribution in [2.24, 2.45) is 5.73 Å². The summed E-state index contributed by atoms with van der Waals surface area (Å²) in [6.45, 7) is 2.82. The van der Waals surface area contributed by atoms with Crippen LogP contribution in [0.15, 0.2) is 0 Å². The second-order valence-corrected chi connectivity index (χ2v) is 7.54. The lowest BCUT2D eigenvalue weighted by molar-refractivity contribution is 0.262. The van der Waals surface area contributed by atoms with E-state index in [1.54, 1.807) is 4.31 Å². The summed E-state index contributed by atoms with van der Waals surface area (Å²) in [6, 6.07) is 0.0137. The van der Waals surface area contributed by atoms with Crippen LogP contribution in [0.3, 0.4) is 0 Å². The van der Waals surface area contributed by atoms with Crippen molar-refractivity contribution in [3.8, 4) is 0 Å². The van der Waals surface area contributed by atoms with Gasteiger partial charge in [0, 0.05) is 25.7 Å². The standard InChI is InChI=1S/C11H23N3O2S/c1-13-6-3-5-11(9-13)17(15,16)14-7-2-4-10(12)8-14/h10-11H,2-9,12H2,1H3. The van der Waals surface area contributed by atoms with Crippen LogP contribution < -0.4 is 5.73 Å². The van der Waals surface area contributed by atoms with Gasteiger partial charge in [-0.1, -0.05) is 0 Å². The van der Waals surface area contributed by atoms with Gasteiger partial charge in [-0.3, -0.25) is 0 Å². The van der Waals surface area contributed by atoms with Crippen LogP contribution in [0.25, 0.3) is 0 Å². The first kappa shape index (κ1) is 13.3. The highest BCUT2D eigenvalue weighted by Gasteiger charge is 2.36. The normalized spacial score (nSPS) is 33.8. The van der Waals surface area contributed by atoms with Crippen molar-refractivity contribution in [3.63, 3.8) is 0 Å². The molecule has 17 heavy (non-hydrogen) atoms. The Morgan fingerprint density at radius 2 is 1.82 bits per heavy atom. The number of likely N-dealkylation sites (tertiary alicyclic amines) is 1. The fraction of sp³-hybridized carbons (Fsp3) is 1.00. The molecule has 0 aromatic carbocycles. The molecular formula is C11H23N3O2S. The van der Waals surface area contributed by atoms with Crippen molar-refractivity contribution < 1.29 is 8.42 Å². The SMILES string of the molecule is CN1CCCC(S(=O)(=O)N2CCCC(N)C2)C1. The number of hydrogen-bond donors (Lipinski definition) is 1. The largest absolute Gasteiger partial charge is 0.327 e. The molecule has 2 unspecified atom stereocenters. The molecule has 2 rings (SSSR count). The van der Waals surface area contributed by atoms with E-state index < -0.39 is 10.0 Å². The smallest absolute Gasteiger partial charge is 0.218 e. The van der Waals surface area contributed by atoms with Gasteiger partial charge in [0.05, 0.1) is 5.25 Å². The Morgan fingerprint density at radius 1 is 1.12 bits per heavy atom. The van der Waals surface area contributed by atoms with Crippen molar-refractivity contribution in [3.05, 3.63) is 0 Å². The number of sulfonamides is 1. The zero-order chi connectivity index (χ0) is 12.5. The maximum Gasteiger partial charge on any atom is 0.218 e. The van der Waals surface area contributed by atoms with E-state index in [0.717, 1.165) is 32.2 Å². The predicted molar refractivity (Wildman–Crippen MR) is 68.2 cm³/mol. The van der Waals surface area contributed by atoms with Crippen LogP contribution in [-0.2, 0) is 10.0 Å². The second kappa shape index (κ2) is 5.22. The number of hydrogen-bond acceptors (Lipinski definition) is 4. The van der Waals surface area contributed by atoms with Crippen molar-refractivity contribution in [2.45, 2.75) is 37.0 Å². The van der Waals surface area contributed by atoms with E-state index in [1.165, 1.54) is 0 Å². The highest BCUT2D eigenvalue weighted by atomic mass is 32.2. The topological polar surface area (TPSA) is 66.6 Å². The van der Waals surface area contributed by atoms with E-state index in [4.69, 9.17) is 5.73 Å². The molecule has 2 atom stereocenters. The Hall–Kier alpha value is -0.170. The summed E-state index contributed by atoms with van der Waals surface area (Å²) in [4.78, 5) is 2.11. The molecule has 2 aliphatic rings. The van der Waals surface area contributed by atoms with Crippen LogP contribution in [0.5, 0.6) is 0 Å². The monoisotopic (exact) mass is 261 g/mol. The number of nitrogens with zero attached hydrogens (tertiary/aromatic N) is 2. The van der Waals surface area contributed by atoms with Gasteiger partial charge >= 0.3 is 0 Å². The fourth-order valence-electron chi connectivity index (χ4n) is 2.78. The summed E-state index contributed by atoms with van der Waals surface area (Å²) < 4.78 is 26.6. The lowest BCUT2D eigenvalue weighted by Crippen LogP contribution is -2.52. The van der Waals surface area contributed by atoms with Crippen LogP contribution in [0.1, 0.15) is 25.7 Å². The molecule has 0 bridgehead atoms. The van der Waals surface area contributed by atoms with Gasteiger partial charge in [0.2, 0.25) is 10.0 Å². The first-order chi connectivity index (χ1) is 8.00. The van der Waals surface area contributed by atoms with E-state index in [0.29, 0.717) is 19.6 Å². The maximum absolute atomic E-state index is 12.5. The summed E-state index contributed by atoms with van der Waals surface area (Å²) in [7, 11) is -1.15. The Balaban J connectivity index is 2.06. The van der Waals surface area contributed by atoms with Gasteiger partial charge in [-0.05, 0) is 39.3 Å². The third-order valence-electron chi connectivity index (χ3n) is 3.78. The molecule has 0 aliphatic carbocycles. The molecule has 0 amide bonds. The van der Waals surface area contributed by atoms with Gasteiger partial charge in [-0.15, -0.1) is 0 Å². The summed E-state index contributed by atoms with van der Waals surface area (Å²) >= 11 is 0. The quantitative estimate of drug-likeness (QED) is 0.750. The number of rotatable bonds is 2. The van der Waals surface area contributed by atoms with Crippen molar-refractivity contribution in [1.82, 2.24) is 9.21 Å². The molecule has 0 aromatic rings. The Kier molecular flexibility index (Phi) is 4.07. The summed E-state index contributed by atoms with van der Waals surface area (Å²) in [5.74, 6) is 0. The molecule has 100 valence electrons. The van der Waals surface area contributed by atoms with Gasteiger partial charge in [-0.25, -0.2) is 12.7 Å². The minimum Gasteiger partial charge on any atom is -0.327 e. The Bertz CT molecular complexity index is 330. The molecular weight excluding hydrogens is 238 g/mol. The summed E-state index contributed by atoms with van der Waals surface area (Å²) in [5.41, 5.74) is 5.86. The van der Waals surface area contributed by atoms with Crippen LogP contribution in [0.4, 0.5) is 0 Å². The van der Waals surface area contributed by atoms with Gasteiger partial charge in [0.25, 0.3) is 0 Å². The first-order valence-electron chi connectivity index (χ1n) is 6.43. The average Bonchev–Trinajstić information content (AvgIpc) is 2.29. The Labute approximate surface area is 104 Å². The van der Waals surface area contributed by atoms with E-state index in [2.05, 4.69) is 4.90 Å². The lowest BCUT2D eigenvalue weighted by Gasteiger charge is -2.36. The highest BCUT2D eigenvalue weighted by Crippen LogP contribution is 2.22. The zero-order valence-corrected chi connectivity index (χ0v) is 11.3. The minimum absolute atomic E-state index is 0.0137.